The number of aldehydes is 1. The molecule has 2 aliphatic heterocycles. The van der Waals surface area contributed by atoms with Crippen LogP contribution in [-0.2, 0) is 9.63 Å². The van der Waals surface area contributed by atoms with E-state index in [0.29, 0.717) is 66.4 Å². The summed E-state index contributed by atoms with van der Waals surface area (Å²) in [6.45, 7) is 0.768. The molecule has 1 saturated heterocycles. The second-order valence-electron chi connectivity index (χ2n) is 8.87. The summed E-state index contributed by atoms with van der Waals surface area (Å²) >= 11 is 1.48. The van der Waals surface area contributed by atoms with Crippen LogP contribution in [0.4, 0.5) is 17.6 Å². The van der Waals surface area contributed by atoms with Crippen molar-refractivity contribution in [3.8, 4) is 5.75 Å². The summed E-state index contributed by atoms with van der Waals surface area (Å²) in [4.78, 5) is 23.7. The minimum absolute atomic E-state index is 0.0861. The molecule has 0 radical (unpaired) electrons. The smallest absolute Gasteiger partial charge is 0.282 e. The first kappa shape index (κ1) is 25.3. The molecule has 1 fully saturated rings. The number of halogens is 4. The first-order valence-corrected chi connectivity index (χ1v) is 12.5. The minimum atomic E-state index is -3.04. The van der Waals surface area contributed by atoms with Crippen LogP contribution in [0.5, 0.6) is 5.75 Å². The number of hydrogen-bond donors (Lipinski definition) is 1. The Balaban J connectivity index is 1.23. The molecule has 0 bridgehead atoms. The number of hydrogen-bond acceptors (Lipinski definition) is 8. The maximum Gasteiger partial charge on any atom is 0.282 e. The van der Waals surface area contributed by atoms with Gasteiger partial charge in [0.05, 0.1) is 10.7 Å². The van der Waals surface area contributed by atoms with Gasteiger partial charge in [0, 0.05) is 36.4 Å². The van der Waals surface area contributed by atoms with Crippen LogP contribution in [0, 0.1) is 0 Å². The highest BCUT2D eigenvalue weighted by atomic mass is 32.1. The van der Waals surface area contributed by atoms with Gasteiger partial charge in [-0.2, -0.15) is 5.10 Å². The number of aromatic hydroxyl groups is 1. The van der Waals surface area contributed by atoms with Crippen molar-refractivity contribution in [3.63, 3.8) is 0 Å². The molecule has 1 aromatic carbocycles. The molecule has 0 amide bonds. The standard InChI is InChI=1S/C24H23F4N5O3S/c25-22(26)16-9-18(23(27)28)33(30-16)21(11-34)32-7-5-13(6-8-32)24-29-17(12-37-24)15-10-20(36-31-15)14-3-1-2-4-19(14)35/h1-4,9,11-13,20-23,35H,5-8,10H2. The monoisotopic (exact) mass is 537 g/mol. The molecule has 2 atom stereocenters. The van der Waals surface area contributed by atoms with Crippen molar-refractivity contribution in [1.29, 1.82) is 0 Å². The fourth-order valence-electron chi connectivity index (χ4n) is 4.68. The number of likely N-dealkylation sites (tertiary alicyclic amines) is 1. The van der Waals surface area contributed by atoms with E-state index in [9.17, 15) is 27.5 Å². The Bertz CT molecular complexity index is 1290. The van der Waals surface area contributed by atoms with Crippen LogP contribution in [0.15, 0.2) is 40.9 Å². The summed E-state index contributed by atoms with van der Waals surface area (Å²) in [6, 6.07) is 7.58. The first-order chi connectivity index (χ1) is 17.9. The SMILES string of the molecule is O=CC(N1CCC(c2nc(C3=NOC(c4ccccc4O)C3)cs2)CC1)n1nc(C(F)F)cc1C(F)F. The second kappa shape index (κ2) is 10.6. The molecule has 0 spiro atoms. The second-order valence-corrected chi connectivity index (χ2v) is 9.76. The zero-order valence-corrected chi connectivity index (χ0v) is 20.2. The van der Waals surface area contributed by atoms with Gasteiger partial charge in [-0.3, -0.25) is 9.69 Å². The number of rotatable bonds is 8. The maximum atomic E-state index is 13.4. The number of aromatic nitrogens is 3. The Morgan fingerprint density at radius 1 is 1.14 bits per heavy atom. The van der Waals surface area contributed by atoms with Crippen LogP contribution in [0.3, 0.4) is 0 Å². The van der Waals surface area contributed by atoms with Crippen LogP contribution in [0.1, 0.15) is 78.0 Å². The molecule has 3 aromatic rings. The average Bonchev–Trinajstić information content (AvgIpc) is 3.65. The van der Waals surface area contributed by atoms with Crippen LogP contribution in [-0.4, -0.2) is 49.9 Å². The molecule has 0 aliphatic carbocycles. The number of alkyl halides is 4. The van der Waals surface area contributed by atoms with Gasteiger partial charge in [-0.25, -0.2) is 27.2 Å². The molecule has 196 valence electrons. The van der Waals surface area contributed by atoms with E-state index in [1.54, 1.807) is 23.1 Å². The number of phenols is 1. The van der Waals surface area contributed by atoms with Gasteiger partial charge < -0.3 is 9.94 Å². The Hall–Kier alpha value is -3.32. The van der Waals surface area contributed by atoms with Crippen LogP contribution in [0.25, 0.3) is 0 Å². The van der Waals surface area contributed by atoms with E-state index in [1.165, 1.54) is 11.3 Å². The number of carbonyl (C=O) groups is 1. The van der Waals surface area contributed by atoms with Gasteiger partial charge in [-0.15, -0.1) is 11.3 Å². The van der Waals surface area contributed by atoms with E-state index >= 15 is 0 Å². The van der Waals surface area contributed by atoms with Crippen molar-refractivity contribution in [2.75, 3.05) is 13.1 Å². The van der Waals surface area contributed by atoms with E-state index in [0.717, 1.165) is 5.01 Å². The van der Waals surface area contributed by atoms with E-state index < -0.39 is 36.5 Å². The number of nitrogens with zero attached hydrogens (tertiary/aromatic N) is 5. The fourth-order valence-corrected chi connectivity index (χ4v) is 5.68. The molecule has 0 saturated carbocycles. The van der Waals surface area contributed by atoms with Gasteiger partial charge >= 0.3 is 0 Å². The van der Waals surface area contributed by atoms with E-state index in [2.05, 4.69) is 10.3 Å². The first-order valence-electron chi connectivity index (χ1n) is 11.7. The Morgan fingerprint density at radius 2 is 1.89 bits per heavy atom. The third kappa shape index (κ3) is 5.10. The molecule has 5 rings (SSSR count). The molecule has 2 aliphatic rings. The summed E-state index contributed by atoms with van der Waals surface area (Å²) in [5, 5.41) is 20.6. The van der Waals surface area contributed by atoms with Crippen molar-refractivity contribution in [3.05, 3.63) is 63.4 Å². The number of piperidine rings is 1. The lowest BCUT2D eigenvalue weighted by Gasteiger charge is -2.35. The number of para-hydroxylation sites is 1. The lowest BCUT2D eigenvalue weighted by Crippen LogP contribution is -2.40. The Kier molecular flexibility index (Phi) is 7.24. The number of thiazole rings is 1. The number of carbonyl (C=O) groups excluding carboxylic acids is 1. The topological polar surface area (TPSA) is 92.8 Å². The Morgan fingerprint density at radius 3 is 2.57 bits per heavy atom. The molecular weight excluding hydrogens is 514 g/mol. The molecule has 4 heterocycles. The maximum absolute atomic E-state index is 13.4. The van der Waals surface area contributed by atoms with E-state index in [4.69, 9.17) is 9.82 Å². The van der Waals surface area contributed by atoms with Gasteiger partial charge in [0.15, 0.2) is 18.6 Å². The van der Waals surface area contributed by atoms with Crippen molar-refractivity contribution in [2.45, 2.75) is 50.3 Å². The zero-order valence-electron chi connectivity index (χ0n) is 19.4. The van der Waals surface area contributed by atoms with Gasteiger partial charge in [-0.05, 0) is 25.0 Å². The van der Waals surface area contributed by atoms with Crippen LogP contribution >= 0.6 is 11.3 Å². The lowest BCUT2D eigenvalue weighted by molar-refractivity contribution is -0.116. The number of phenolic OH excluding ortho intramolecular Hbond substituents is 1. The molecule has 1 N–H and O–H groups in total. The fraction of sp³-hybridized carbons (Fsp3) is 0.417. The van der Waals surface area contributed by atoms with Gasteiger partial charge in [0.2, 0.25) is 0 Å². The quantitative estimate of drug-likeness (QED) is 0.307. The normalized spacial score (nSPS) is 19.8. The van der Waals surface area contributed by atoms with Crippen molar-refractivity contribution in [1.82, 2.24) is 19.7 Å². The highest BCUT2D eigenvalue weighted by Gasteiger charge is 2.33. The highest BCUT2D eigenvalue weighted by molar-refractivity contribution is 7.10. The molecule has 2 aromatic heterocycles. The number of oxime groups is 1. The van der Waals surface area contributed by atoms with E-state index in [1.807, 2.05) is 11.4 Å². The zero-order chi connectivity index (χ0) is 26.1. The summed E-state index contributed by atoms with van der Waals surface area (Å²) < 4.78 is 53.7. The summed E-state index contributed by atoms with van der Waals surface area (Å²) in [7, 11) is 0. The highest BCUT2D eigenvalue weighted by Crippen LogP contribution is 2.37. The third-order valence-corrected chi connectivity index (χ3v) is 7.63. The average molecular weight is 538 g/mol. The lowest BCUT2D eigenvalue weighted by atomic mass is 9.97. The van der Waals surface area contributed by atoms with Gasteiger partial charge in [0.1, 0.15) is 22.8 Å². The van der Waals surface area contributed by atoms with Crippen LogP contribution in [0.2, 0.25) is 0 Å². The predicted octanol–water partition coefficient (Wildman–Crippen LogP) is 5.36. The molecule has 13 heteroatoms. The van der Waals surface area contributed by atoms with Crippen LogP contribution < -0.4 is 0 Å². The largest absolute Gasteiger partial charge is 0.508 e. The summed E-state index contributed by atoms with van der Waals surface area (Å²) in [6.07, 6.45) is -5.51. The molecule has 2 unspecified atom stereocenters. The molecule has 37 heavy (non-hydrogen) atoms. The van der Waals surface area contributed by atoms with Gasteiger partial charge in [0.25, 0.3) is 12.9 Å². The van der Waals surface area contributed by atoms with Crippen molar-refractivity contribution in [2.24, 2.45) is 5.16 Å². The Labute approximate surface area is 213 Å². The third-order valence-electron chi connectivity index (χ3n) is 6.63. The predicted molar refractivity (Wildman–Crippen MR) is 126 cm³/mol. The molecule has 8 nitrogen and oxygen atoms in total. The summed E-state index contributed by atoms with van der Waals surface area (Å²) in [5.74, 6) is 0.229. The van der Waals surface area contributed by atoms with E-state index in [-0.39, 0.29) is 11.7 Å². The summed E-state index contributed by atoms with van der Waals surface area (Å²) in [5.41, 5.74) is 0.546. The number of benzene rings is 1. The minimum Gasteiger partial charge on any atom is -0.508 e. The van der Waals surface area contributed by atoms with Crippen molar-refractivity contribution >= 4 is 23.3 Å². The molecular formula is C24H23F4N5O3S. The van der Waals surface area contributed by atoms with Crippen molar-refractivity contribution < 1.29 is 32.3 Å². The van der Waals surface area contributed by atoms with Gasteiger partial charge in [-0.1, -0.05) is 23.4 Å².